The van der Waals surface area contributed by atoms with Crippen molar-refractivity contribution >= 4 is 5.84 Å². The molecule has 1 aromatic carbocycles. The van der Waals surface area contributed by atoms with Gasteiger partial charge in [0.05, 0.1) is 0 Å². The van der Waals surface area contributed by atoms with Crippen LogP contribution in [0.1, 0.15) is 62.3 Å². The van der Waals surface area contributed by atoms with Gasteiger partial charge in [-0.2, -0.15) is 0 Å². The third kappa shape index (κ3) is 3.87. The summed E-state index contributed by atoms with van der Waals surface area (Å²) >= 11 is 0. The van der Waals surface area contributed by atoms with Gasteiger partial charge in [-0.3, -0.25) is 5.41 Å². The molecular weight excluding hydrogens is 256 g/mol. The first kappa shape index (κ1) is 16.1. The number of piperidine rings is 1. The maximum atomic E-state index is 8.42. The average molecular weight is 286 g/mol. The molecule has 1 aliphatic heterocycles. The average Bonchev–Trinajstić information content (AvgIpc) is 2.42. The Morgan fingerprint density at radius 2 is 1.57 bits per heavy atom. The van der Waals surface area contributed by atoms with E-state index in [2.05, 4.69) is 51.7 Å². The van der Waals surface area contributed by atoms with Gasteiger partial charge in [-0.05, 0) is 60.8 Å². The summed E-state index contributed by atoms with van der Waals surface area (Å²) in [4.78, 5) is 2.26. The Kier molecular flexibility index (Phi) is 4.75. The Hall–Kier alpha value is -1.31. The highest BCUT2D eigenvalue weighted by molar-refractivity contribution is 5.82. The van der Waals surface area contributed by atoms with Crippen LogP contribution >= 0.6 is 0 Å². The SMILES string of the molecule is Cc1cc(C(C)(C)C)cc(C)c1CC(=N)N1CCCCC1. The monoisotopic (exact) mass is 286 g/mol. The Balaban J connectivity index is 2.18. The molecule has 0 unspecified atom stereocenters. The highest BCUT2D eigenvalue weighted by Gasteiger charge is 2.19. The Morgan fingerprint density at radius 3 is 2.05 bits per heavy atom. The van der Waals surface area contributed by atoms with Crippen LogP contribution in [0, 0.1) is 19.3 Å². The second-order valence-electron chi connectivity index (χ2n) is 7.51. The van der Waals surface area contributed by atoms with Gasteiger partial charge in [0.15, 0.2) is 0 Å². The second-order valence-corrected chi connectivity index (χ2v) is 7.51. The first-order valence-corrected chi connectivity index (χ1v) is 8.22. The fourth-order valence-corrected chi connectivity index (χ4v) is 3.15. The quantitative estimate of drug-likeness (QED) is 0.624. The molecule has 0 radical (unpaired) electrons. The van der Waals surface area contributed by atoms with Crippen LogP contribution in [0.4, 0.5) is 0 Å². The molecule has 1 N–H and O–H groups in total. The number of hydrogen-bond donors (Lipinski definition) is 1. The van der Waals surface area contributed by atoms with Gasteiger partial charge >= 0.3 is 0 Å². The van der Waals surface area contributed by atoms with Crippen molar-refractivity contribution in [1.29, 1.82) is 5.41 Å². The van der Waals surface area contributed by atoms with Crippen molar-refractivity contribution in [3.63, 3.8) is 0 Å². The lowest BCUT2D eigenvalue weighted by Crippen LogP contribution is -2.36. The van der Waals surface area contributed by atoms with Crippen LogP contribution in [-0.2, 0) is 11.8 Å². The van der Waals surface area contributed by atoms with Gasteiger partial charge in [0.2, 0.25) is 0 Å². The summed E-state index contributed by atoms with van der Waals surface area (Å²) in [5.74, 6) is 0.796. The van der Waals surface area contributed by atoms with Crippen LogP contribution in [-0.4, -0.2) is 23.8 Å². The van der Waals surface area contributed by atoms with Gasteiger partial charge in [-0.15, -0.1) is 0 Å². The molecule has 0 aliphatic carbocycles. The first-order chi connectivity index (χ1) is 9.79. The van der Waals surface area contributed by atoms with Crippen LogP contribution in [0.3, 0.4) is 0 Å². The molecule has 1 fully saturated rings. The van der Waals surface area contributed by atoms with E-state index in [4.69, 9.17) is 5.41 Å². The highest BCUT2D eigenvalue weighted by Crippen LogP contribution is 2.27. The number of aryl methyl sites for hydroxylation is 2. The van der Waals surface area contributed by atoms with Gasteiger partial charge in [0.1, 0.15) is 5.84 Å². The van der Waals surface area contributed by atoms with E-state index < -0.39 is 0 Å². The molecule has 0 atom stereocenters. The Bertz CT molecular complexity index is 494. The van der Waals surface area contributed by atoms with Crippen molar-refractivity contribution in [2.24, 2.45) is 0 Å². The molecule has 0 amide bonds. The highest BCUT2D eigenvalue weighted by atomic mass is 15.2. The molecule has 116 valence electrons. The molecule has 2 heteroatoms. The topological polar surface area (TPSA) is 27.1 Å². The van der Waals surface area contributed by atoms with Crippen LogP contribution in [0.15, 0.2) is 12.1 Å². The second kappa shape index (κ2) is 6.21. The van der Waals surface area contributed by atoms with Gasteiger partial charge in [0.25, 0.3) is 0 Å². The van der Waals surface area contributed by atoms with Crippen LogP contribution in [0.5, 0.6) is 0 Å². The third-order valence-electron chi connectivity index (χ3n) is 4.64. The lowest BCUT2D eigenvalue weighted by Gasteiger charge is -2.30. The molecule has 1 aromatic rings. The zero-order valence-electron chi connectivity index (χ0n) is 14.3. The molecular formula is C19H30N2. The molecule has 0 aromatic heterocycles. The molecule has 1 heterocycles. The third-order valence-corrected chi connectivity index (χ3v) is 4.64. The van der Waals surface area contributed by atoms with Crippen LogP contribution in [0.25, 0.3) is 0 Å². The van der Waals surface area contributed by atoms with Crippen LogP contribution in [0.2, 0.25) is 0 Å². The molecule has 0 saturated carbocycles. The van der Waals surface area contributed by atoms with Gasteiger partial charge in [-0.25, -0.2) is 0 Å². The van der Waals surface area contributed by atoms with E-state index >= 15 is 0 Å². The Morgan fingerprint density at radius 1 is 1.05 bits per heavy atom. The standard InChI is InChI=1S/C19H30N2/c1-14-11-16(19(3,4)5)12-15(2)17(14)13-18(20)21-9-7-6-8-10-21/h11-12,20H,6-10,13H2,1-5H3. The number of benzene rings is 1. The number of amidine groups is 1. The molecule has 0 bridgehead atoms. The van der Waals surface area contributed by atoms with Crippen molar-refractivity contribution in [3.8, 4) is 0 Å². The summed E-state index contributed by atoms with van der Waals surface area (Å²) in [6.45, 7) is 13.3. The number of likely N-dealkylation sites (tertiary alicyclic amines) is 1. The minimum absolute atomic E-state index is 0.189. The van der Waals surface area contributed by atoms with E-state index in [1.54, 1.807) is 0 Å². The van der Waals surface area contributed by atoms with Crippen molar-refractivity contribution < 1.29 is 0 Å². The summed E-state index contributed by atoms with van der Waals surface area (Å²) in [5, 5.41) is 8.42. The molecule has 1 saturated heterocycles. The predicted molar refractivity (Wildman–Crippen MR) is 91.5 cm³/mol. The summed E-state index contributed by atoms with van der Waals surface area (Å²) < 4.78 is 0. The van der Waals surface area contributed by atoms with E-state index in [-0.39, 0.29) is 5.41 Å². The van der Waals surface area contributed by atoms with E-state index in [0.29, 0.717) is 0 Å². The van der Waals surface area contributed by atoms with Crippen molar-refractivity contribution in [3.05, 3.63) is 34.4 Å². The summed E-state index contributed by atoms with van der Waals surface area (Å²) in [6.07, 6.45) is 4.58. The predicted octanol–water partition coefficient (Wildman–Crippen LogP) is 4.61. The maximum Gasteiger partial charge on any atom is 0.100 e. The van der Waals surface area contributed by atoms with Gasteiger partial charge in [0, 0.05) is 19.5 Å². The van der Waals surface area contributed by atoms with Gasteiger partial charge < -0.3 is 4.90 Å². The van der Waals surface area contributed by atoms with E-state index in [9.17, 15) is 0 Å². The fourth-order valence-electron chi connectivity index (χ4n) is 3.15. The zero-order valence-corrected chi connectivity index (χ0v) is 14.3. The summed E-state index contributed by atoms with van der Waals surface area (Å²) in [5.41, 5.74) is 5.60. The molecule has 2 rings (SSSR count). The largest absolute Gasteiger partial charge is 0.360 e. The van der Waals surface area contributed by atoms with Crippen molar-refractivity contribution in [2.45, 2.75) is 65.7 Å². The lowest BCUT2D eigenvalue weighted by atomic mass is 9.83. The number of rotatable bonds is 2. The minimum Gasteiger partial charge on any atom is -0.360 e. The van der Waals surface area contributed by atoms with Crippen molar-refractivity contribution in [1.82, 2.24) is 4.90 Å². The smallest absolute Gasteiger partial charge is 0.100 e. The lowest BCUT2D eigenvalue weighted by molar-refractivity contribution is 0.336. The van der Waals surface area contributed by atoms with E-state index in [1.165, 1.54) is 41.5 Å². The molecule has 21 heavy (non-hydrogen) atoms. The molecule has 1 aliphatic rings. The Labute approximate surface area is 130 Å². The van der Waals surface area contributed by atoms with E-state index in [0.717, 1.165) is 25.3 Å². The number of nitrogens with zero attached hydrogens (tertiary/aromatic N) is 1. The number of hydrogen-bond acceptors (Lipinski definition) is 1. The van der Waals surface area contributed by atoms with Crippen molar-refractivity contribution in [2.75, 3.05) is 13.1 Å². The number of nitrogens with one attached hydrogen (secondary N) is 1. The molecule has 0 spiro atoms. The first-order valence-electron chi connectivity index (χ1n) is 8.22. The summed E-state index contributed by atoms with van der Waals surface area (Å²) in [7, 11) is 0. The van der Waals surface area contributed by atoms with Crippen LogP contribution < -0.4 is 0 Å². The zero-order chi connectivity index (χ0) is 15.6. The normalized spacial score (nSPS) is 16.1. The van der Waals surface area contributed by atoms with E-state index in [1.807, 2.05) is 0 Å². The summed E-state index contributed by atoms with van der Waals surface area (Å²) in [6, 6.07) is 4.62. The van der Waals surface area contributed by atoms with Gasteiger partial charge in [-0.1, -0.05) is 32.9 Å². The minimum atomic E-state index is 0.189. The fraction of sp³-hybridized carbons (Fsp3) is 0.632. The maximum absolute atomic E-state index is 8.42. The molecule has 2 nitrogen and oxygen atoms in total.